The first kappa shape index (κ1) is 11.2. The van der Waals surface area contributed by atoms with Gasteiger partial charge in [0.15, 0.2) is 0 Å². The molecule has 1 heterocycles. The van der Waals surface area contributed by atoms with Crippen molar-refractivity contribution in [2.24, 2.45) is 0 Å². The highest BCUT2D eigenvalue weighted by Crippen LogP contribution is 2.31. The summed E-state index contributed by atoms with van der Waals surface area (Å²) < 4.78 is 0.902. The Kier molecular flexibility index (Phi) is 2.72. The van der Waals surface area contributed by atoms with Crippen LogP contribution < -0.4 is 5.73 Å². The fourth-order valence-electron chi connectivity index (χ4n) is 1.92. The molecule has 0 fully saturated rings. The van der Waals surface area contributed by atoms with E-state index in [4.69, 9.17) is 5.73 Å². The van der Waals surface area contributed by atoms with E-state index in [2.05, 4.69) is 26.1 Å². The van der Waals surface area contributed by atoms with E-state index in [9.17, 15) is 0 Å². The Bertz CT molecular complexity index is 711. The maximum absolute atomic E-state index is 6.20. The van der Waals surface area contributed by atoms with Gasteiger partial charge in [0.1, 0.15) is 11.2 Å². The number of hydrogen-bond acceptors (Lipinski definition) is 3. The Balaban J connectivity index is 2.31. The van der Waals surface area contributed by atoms with Crippen LogP contribution in [0.5, 0.6) is 0 Å². The van der Waals surface area contributed by atoms with Gasteiger partial charge in [0, 0.05) is 15.4 Å². The number of nitrogen functional groups attached to an aromatic ring is 1. The van der Waals surface area contributed by atoms with Gasteiger partial charge in [-0.2, -0.15) is 0 Å². The average molecular weight is 300 g/mol. The molecule has 0 unspecified atom stereocenters. The quantitative estimate of drug-likeness (QED) is 0.746. The summed E-state index contributed by atoms with van der Waals surface area (Å²) in [7, 11) is 0. The van der Waals surface area contributed by atoms with Gasteiger partial charge in [0.2, 0.25) is 0 Å². The zero-order valence-electron chi connectivity index (χ0n) is 9.47. The molecule has 0 saturated carbocycles. The van der Waals surface area contributed by atoms with Gasteiger partial charge >= 0.3 is 0 Å². The molecule has 0 saturated heterocycles. The number of halogens is 1. The molecular formula is C14H10BrN3. The maximum Gasteiger partial charge on any atom is 0.116 e. The lowest BCUT2D eigenvalue weighted by Crippen LogP contribution is -1.98. The molecule has 3 rings (SSSR count). The molecule has 0 atom stereocenters. The average Bonchev–Trinajstić information content (AvgIpc) is 2.41. The molecule has 3 nitrogen and oxygen atoms in total. The van der Waals surface area contributed by atoms with Crippen LogP contribution in [-0.2, 0) is 0 Å². The van der Waals surface area contributed by atoms with E-state index in [-0.39, 0.29) is 0 Å². The number of fused-ring (bicyclic) bond motifs is 1. The van der Waals surface area contributed by atoms with Crippen molar-refractivity contribution in [3.63, 3.8) is 0 Å². The number of nitrogens with zero attached hydrogens (tertiary/aromatic N) is 2. The van der Waals surface area contributed by atoms with Gasteiger partial charge in [-0.05, 0) is 22.0 Å². The van der Waals surface area contributed by atoms with Crippen LogP contribution in [0, 0.1) is 0 Å². The van der Waals surface area contributed by atoms with E-state index in [1.165, 1.54) is 0 Å². The van der Waals surface area contributed by atoms with Gasteiger partial charge in [-0.25, -0.2) is 0 Å². The SMILES string of the molecule is Nc1c(-c2ccccc2)nnc2c(Br)cccc12. The summed E-state index contributed by atoms with van der Waals surface area (Å²) in [5.41, 5.74) is 9.34. The van der Waals surface area contributed by atoms with Crippen molar-refractivity contribution in [2.45, 2.75) is 0 Å². The molecular weight excluding hydrogens is 290 g/mol. The van der Waals surface area contributed by atoms with Crippen LogP contribution in [0.15, 0.2) is 53.0 Å². The van der Waals surface area contributed by atoms with Crippen molar-refractivity contribution in [3.05, 3.63) is 53.0 Å². The van der Waals surface area contributed by atoms with Crippen molar-refractivity contribution in [3.8, 4) is 11.3 Å². The molecule has 0 spiro atoms. The first-order chi connectivity index (χ1) is 8.77. The summed E-state index contributed by atoms with van der Waals surface area (Å²) in [6.07, 6.45) is 0. The van der Waals surface area contributed by atoms with Crippen molar-refractivity contribution in [1.29, 1.82) is 0 Å². The highest BCUT2D eigenvalue weighted by Gasteiger charge is 2.10. The van der Waals surface area contributed by atoms with Crippen LogP contribution in [0.3, 0.4) is 0 Å². The summed E-state index contributed by atoms with van der Waals surface area (Å²) in [5, 5.41) is 9.39. The number of rotatable bonds is 1. The minimum absolute atomic E-state index is 0.660. The largest absolute Gasteiger partial charge is 0.396 e. The molecule has 4 heteroatoms. The van der Waals surface area contributed by atoms with E-state index >= 15 is 0 Å². The lowest BCUT2D eigenvalue weighted by molar-refractivity contribution is 1.08. The summed E-state index contributed by atoms with van der Waals surface area (Å²) in [5.74, 6) is 0. The zero-order valence-corrected chi connectivity index (χ0v) is 11.1. The third kappa shape index (κ3) is 1.75. The van der Waals surface area contributed by atoms with E-state index in [1.807, 2.05) is 48.5 Å². The van der Waals surface area contributed by atoms with Crippen LogP contribution in [0.1, 0.15) is 0 Å². The third-order valence-corrected chi connectivity index (χ3v) is 3.47. The molecule has 2 aromatic carbocycles. The first-order valence-electron chi connectivity index (χ1n) is 5.53. The summed E-state index contributed by atoms with van der Waals surface area (Å²) in [4.78, 5) is 0. The Morgan fingerprint density at radius 1 is 0.889 bits per heavy atom. The predicted molar refractivity (Wildman–Crippen MR) is 77.1 cm³/mol. The number of anilines is 1. The van der Waals surface area contributed by atoms with Crippen LogP contribution in [-0.4, -0.2) is 10.2 Å². The van der Waals surface area contributed by atoms with Gasteiger partial charge in [-0.1, -0.05) is 42.5 Å². The molecule has 0 radical (unpaired) electrons. The molecule has 0 aliphatic heterocycles. The number of aromatic nitrogens is 2. The Morgan fingerprint density at radius 3 is 2.44 bits per heavy atom. The second-order valence-electron chi connectivity index (χ2n) is 3.96. The van der Waals surface area contributed by atoms with Gasteiger partial charge in [0.05, 0.1) is 5.69 Å². The number of hydrogen-bond donors (Lipinski definition) is 1. The fourth-order valence-corrected chi connectivity index (χ4v) is 2.37. The minimum atomic E-state index is 0.660. The lowest BCUT2D eigenvalue weighted by atomic mass is 10.1. The van der Waals surface area contributed by atoms with Crippen molar-refractivity contribution < 1.29 is 0 Å². The standard InChI is InChI=1S/C14H10BrN3/c15-11-8-4-7-10-12(16)13(17-18-14(10)11)9-5-2-1-3-6-9/h1-8H,(H2,16,18). The Morgan fingerprint density at radius 2 is 1.67 bits per heavy atom. The summed E-state index contributed by atoms with van der Waals surface area (Å²) in [6.45, 7) is 0. The van der Waals surface area contributed by atoms with Gasteiger partial charge in [-0.3, -0.25) is 0 Å². The highest BCUT2D eigenvalue weighted by molar-refractivity contribution is 9.10. The zero-order chi connectivity index (χ0) is 12.5. The van der Waals surface area contributed by atoms with Gasteiger partial charge in [0.25, 0.3) is 0 Å². The molecule has 1 aromatic heterocycles. The van der Waals surface area contributed by atoms with Gasteiger partial charge < -0.3 is 5.73 Å². The highest BCUT2D eigenvalue weighted by atomic mass is 79.9. The first-order valence-corrected chi connectivity index (χ1v) is 6.32. The van der Waals surface area contributed by atoms with Crippen LogP contribution >= 0.6 is 15.9 Å². The molecule has 3 aromatic rings. The van der Waals surface area contributed by atoms with E-state index in [1.54, 1.807) is 0 Å². The Hall–Kier alpha value is -1.94. The van der Waals surface area contributed by atoms with Crippen LogP contribution in [0.2, 0.25) is 0 Å². The third-order valence-electron chi connectivity index (χ3n) is 2.83. The lowest BCUT2D eigenvalue weighted by Gasteiger charge is -2.07. The second kappa shape index (κ2) is 4.38. The van der Waals surface area contributed by atoms with E-state index in [0.717, 1.165) is 26.6 Å². The van der Waals surface area contributed by atoms with Crippen molar-refractivity contribution in [2.75, 3.05) is 5.73 Å². The smallest absolute Gasteiger partial charge is 0.116 e. The second-order valence-corrected chi connectivity index (χ2v) is 4.82. The normalized spacial score (nSPS) is 10.7. The molecule has 0 aliphatic carbocycles. The number of benzene rings is 2. The van der Waals surface area contributed by atoms with Crippen LogP contribution in [0.25, 0.3) is 22.2 Å². The van der Waals surface area contributed by atoms with E-state index < -0.39 is 0 Å². The predicted octanol–water partition coefficient (Wildman–Crippen LogP) is 3.64. The van der Waals surface area contributed by atoms with E-state index in [0.29, 0.717) is 5.69 Å². The molecule has 18 heavy (non-hydrogen) atoms. The fraction of sp³-hybridized carbons (Fsp3) is 0. The maximum atomic E-state index is 6.20. The summed E-state index contributed by atoms with van der Waals surface area (Å²) in [6, 6.07) is 15.7. The van der Waals surface area contributed by atoms with Crippen molar-refractivity contribution >= 4 is 32.5 Å². The topological polar surface area (TPSA) is 51.8 Å². The molecule has 0 amide bonds. The minimum Gasteiger partial charge on any atom is -0.396 e. The monoisotopic (exact) mass is 299 g/mol. The molecule has 88 valence electrons. The Labute approximate surface area is 113 Å². The van der Waals surface area contributed by atoms with Crippen molar-refractivity contribution in [1.82, 2.24) is 10.2 Å². The van der Waals surface area contributed by atoms with Crippen LogP contribution in [0.4, 0.5) is 5.69 Å². The molecule has 2 N–H and O–H groups in total. The molecule has 0 bridgehead atoms. The number of nitrogens with two attached hydrogens (primary N) is 1. The molecule has 0 aliphatic rings. The van der Waals surface area contributed by atoms with Gasteiger partial charge in [-0.15, -0.1) is 10.2 Å². The summed E-state index contributed by atoms with van der Waals surface area (Å²) >= 11 is 3.45.